The molecule has 25 heavy (non-hydrogen) atoms. The molecule has 1 aromatic carbocycles. The maximum absolute atomic E-state index is 12.1. The Balaban J connectivity index is 1.70. The molecule has 1 aromatic rings. The first-order chi connectivity index (χ1) is 12.0. The molecule has 1 aliphatic rings. The Labute approximate surface area is 152 Å². The molecule has 1 heterocycles. The predicted molar refractivity (Wildman–Crippen MR) is 94.8 cm³/mol. The van der Waals surface area contributed by atoms with Crippen molar-refractivity contribution >= 4 is 29.4 Å². The largest absolute Gasteiger partial charge is 0.450 e. The van der Waals surface area contributed by atoms with Gasteiger partial charge in [0.25, 0.3) is 0 Å². The first kappa shape index (κ1) is 19.2. The number of carbonyl (C=O) groups is 3. The minimum atomic E-state index is -0.305. The molecule has 1 fully saturated rings. The number of hydrogen-bond donors (Lipinski definition) is 1. The summed E-state index contributed by atoms with van der Waals surface area (Å²) in [5, 5.41) is 3.51. The van der Waals surface area contributed by atoms with Gasteiger partial charge in [-0.25, -0.2) is 4.79 Å². The molecule has 0 spiro atoms. The van der Waals surface area contributed by atoms with E-state index in [9.17, 15) is 14.4 Å². The first-order valence-corrected chi connectivity index (χ1v) is 8.87. The Kier molecular flexibility index (Phi) is 7.25. The SMILES string of the molecule is CCOC(=O)N1CCC(NC(=O)CCC(=O)c2ccc(Cl)cc2)CC1. The van der Waals surface area contributed by atoms with E-state index in [1.165, 1.54) is 0 Å². The Hall–Kier alpha value is -2.08. The zero-order valence-electron chi connectivity index (χ0n) is 14.3. The third-order valence-corrected chi connectivity index (χ3v) is 4.38. The van der Waals surface area contributed by atoms with Crippen LogP contribution in [-0.2, 0) is 9.53 Å². The van der Waals surface area contributed by atoms with Crippen molar-refractivity contribution in [1.29, 1.82) is 0 Å². The third-order valence-electron chi connectivity index (χ3n) is 4.13. The summed E-state index contributed by atoms with van der Waals surface area (Å²) in [6, 6.07) is 6.67. The number of hydrogen-bond acceptors (Lipinski definition) is 4. The van der Waals surface area contributed by atoms with Crippen molar-refractivity contribution in [2.45, 2.75) is 38.6 Å². The van der Waals surface area contributed by atoms with Gasteiger partial charge in [0.15, 0.2) is 5.78 Å². The number of nitrogens with zero attached hydrogens (tertiary/aromatic N) is 1. The van der Waals surface area contributed by atoms with E-state index in [0.717, 1.165) is 0 Å². The van der Waals surface area contributed by atoms with E-state index in [4.69, 9.17) is 16.3 Å². The minimum Gasteiger partial charge on any atom is -0.450 e. The van der Waals surface area contributed by atoms with Crippen molar-refractivity contribution in [3.63, 3.8) is 0 Å². The van der Waals surface area contributed by atoms with Gasteiger partial charge in [-0.05, 0) is 44.0 Å². The van der Waals surface area contributed by atoms with Gasteiger partial charge in [-0.15, -0.1) is 0 Å². The van der Waals surface area contributed by atoms with E-state index in [2.05, 4.69) is 5.32 Å². The molecular weight excluding hydrogens is 344 g/mol. The Morgan fingerprint density at radius 3 is 2.40 bits per heavy atom. The Morgan fingerprint density at radius 2 is 1.80 bits per heavy atom. The number of nitrogens with one attached hydrogen (secondary N) is 1. The number of ketones is 1. The molecule has 2 rings (SSSR count). The Bertz CT molecular complexity index is 610. The monoisotopic (exact) mass is 366 g/mol. The van der Waals surface area contributed by atoms with Gasteiger partial charge in [0.05, 0.1) is 6.61 Å². The maximum atomic E-state index is 12.1. The number of amides is 2. The third kappa shape index (κ3) is 6.05. The van der Waals surface area contributed by atoms with E-state index in [0.29, 0.717) is 43.1 Å². The van der Waals surface area contributed by atoms with E-state index in [1.807, 2.05) is 0 Å². The average Bonchev–Trinajstić information content (AvgIpc) is 2.61. The molecule has 1 saturated heterocycles. The van der Waals surface area contributed by atoms with Crippen LogP contribution in [0.3, 0.4) is 0 Å². The van der Waals surface area contributed by atoms with Crippen molar-refractivity contribution in [2.24, 2.45) is 0 Å². The molecule has 6 nitrogen and oxygen atoms in total. The number of carbonyl (C=O) groups excluding carboxylic acids is 3. The van der Waals surface area contributed by atoms with Crippen LogP contribution < -0.4 is 5.32 Å². The molecule has 0 saturated carbocycles. The summed E-state index contributed by atoms with van der Waals surface area (Å²) in [7, 11) is 0. The van der Waals surface area contributed by atoms with E-state index < -0.39 is 0 Å². The Morgan fingerprint density at radius 1 is 1.16 bits per heavy atom. The molecule has 0 aromatic heterocycles. The van der Waals surface area contributed by atoms with Crippen molar-refractivity contribution in [1.82, 2.24) is 10.2 Å². The quantitative estimate of drug-likeness (QED) is 0.785. The lowest BCUT2D eigenvalue weighted by Crippen LogP contribution is -2.46. The highest BCUT2D eigenvalue weighted by atomic mass is 35.5. The average molecular weight is 367 g/mol. The lowest BCUT2D eigenvalue weighted by Gasteiger charge is -2.31. The van der Waals surface area contributed by atoms with Gasteiger partial charge in [0, 0.05) is 42.6 Å². The van der Waals surface area contributed by atoms with Crippen LogP contribution in [0.1, 0.15) is 43.0 Å². The molecule has 7 heteroatoms. The van der Waals surface area contributed by atoms with Crippen LogP contribution in [-0.4, -0.2) is 48.4 Å². The summed E-state index contributed by atoms with van der Waals surface area (Å²) in [6.45, 7) is 3.26. The van der Waals surface area contributed by atoms with Gasteiger partial charge in [-0.1, -0.05) is 11.6 Å². The zero-order chi connectivity index (χ0) is 18.2. The normalized spacial score (nSPS) is 14.9. The summed E-state index contributed by atoms with van der Waals surface area (Å²) in [6.07, 6.45) is 1.39. The van der Waals surface area contributed by atoms with E-state index in [-0.39, 0.29) is 36.7 Å². The predicted octanol–water partition coefficient (Wildman–Crippen LogP) is 3.04. The second-order valence-corrected chi connectivity index (χ2v) is 6.39. The number of piperidine rings is 1. The first-order valence-electron chi connectivity index (χ1n) is 8.49. The molecule has 1 aliphatic heterocycles. The van der Waals surface area contributed by atoms with Gasteiger partial charge in [-0.3, -0.25) is 9.59 Å². The fourth-order valence-corrected chi connectivity index (χ4v) is 2.85. The molecule has 0 atom stereocenters. The summed E-state index contributed by atoms with van der Waals surface area (Å²) in [5.41, 5.74) is 0.556. The summed E-state index contributed by atoms with van der Waals surface area (Å²) in [5.74, 6) is -0.221. The van der Waals surface area contributed by atoms with Gasteiger partial charge in [-0.2, -0.15) is 0 Å². The van der Waals surface area contributed by atoms with Crippen LogP contribution in [0.4, 0.5) is 4.79 Å². The second-order valence-electron chi connectivity index (χ2n) is 5.96. The topological polar surface area (TPSA) is 75.7 Å². The highest BCUT2D eigenvalue weighted by Gasteiger charge is 2.24. The molecule has 136 valence electrons. The van der Waals surface area contributed by atoms with Crippen molar-refractivity contribution < 1.29 is 19.1 Å². The van der Waals surface area contributed by atoms with Gasteiger partial charge in [0.2, 0.25) is 5.91 Å². The van der Waals surface area contributed by atoms with Crippen LogP contribution in [0.2, 0.25) is 5.02 Å². The van der Waals surface area contributed by atoms with Crippen LogP contribution >= 0.6 is 11.6 Å². The molecule has 0 unspecified atom stereocenters. The van der Waals surface area contributed by atoms with Crippen molar-refractivity contribution in [3.05, 3.63) is 34.9 Å². The van der Waals surface area contributed by atoms with Crippen LogP contribution in [0.15, 0.2) is 24.3 Å². The number of Topliss-reactive ketones (excluding diaryl/α,β-unsaturated/α-hetero) is 1. The maximum Gasteiger partial charge on any atom is 0.409 e. The number of halogens is 1. The van der Waals surface area contributed by atoms with Crippen molar-refractivity contribution in [2.75, 3.05) is 19.7 Å². The molecule has 2 amide bonds. The van der Waals surface area contributed by atoms with E-state index in [1.54, 1.807) is 36.1 Å². The molecule has 0 radical (unpaired) electrons. The minimum absolute atomic E-state index is 0.0313. The molecule has 1 N–H and O–H groups in total. The second kappa shape index (κ2) is 9.42. The van der Waals surface area contributed by atoms with Crippen LogP contribution in [0.25, 0.3) is 0 Å². The number of ether oxygens (including phenoxy) is 1. The van der Waals surface area contributed by atoms with E-state index >= 15 is 0 Å². The highest BCUT2D eigenvalue weighted by molar-refractivity contribution is 6.30. The fraction of sp³-hybridized carbons (Fsp3) is 0.500. The summed E-state index contributed by atoms with van der Waals surface area (Å²) >= 11 is 5.79. The van der Waals surface area contributed by atoms with Gasteiger partial charge in [0.1, 0.15) is 0 Å². The van der Waals surface area contributed by atoms with Gasteiger partial charge < -0.3 is 15.0 Å². The lowest BCUT2D eigenvalue weighted by atomic mass is 10.0. The summed E-state index contributed by atoms with van der Waals surface area (Å²) < 4.78 is 4.97. The molecule has 0 bridgehead atoms. The molecule has 0 aliphatic carbocycles. The molecular formula is C18H23ClN2O4. The lowest BCUT2D eigenvalue weighted by molar-refractivity contribution is -0.122. The highest BCUT2D eigenvalue weighted by Crippen LogP contribution is 2.14. The van der Waals surface area contributed by atoms with Crippen molar-refractivity contribution in [3.8, 4) is 0 Å². The fourth-order valence-electron chi connectivity index (χ4n) is 2.73. The number of rotatable bonds is 6. The smallest absolute Gasteiger partial charge is 0.409 e. The number of likely N-dealkylation sites (tertiary alicyclic amines) is 1. The zero-order valence-corrected chi connectivity index (χ0v) is 15.1. The van der Waals surface area contributed by atoms with Crippen LogP contribution in [0, 0.1) is 0 Å². The van der Waals surface area contributed by atoms with Crippen LogP contribution in [0.5, 0.6) is 0 Å². The summed E-state index contributed by atoms with van der Waals surface area (Å²) in [4.78, 5) is 37.4. The van der Waals surface area contributed by atoms with Gasteiger partial charge >= 0.3 is 6.09 Å². The number of benzene rings is 1. The standard InChI is InChI=1S/C18H23ClN2O4/c1-2-25-18(24)21-11-9-15(10-12-21)20-17(23)8-7-16(22)13-3-5-14(19)6-4-13/h3-6,15H,2,7-12H2,1H3,(H,20,23).